The van der Waals surface area contributed by atoms with Crippen molar-refractivity contribution in [3.05, 3.63) is 59.7 Å². The largest absolute Gasteiger partial charge is 0.339 e. The molecule has 0 aliphatic heterocycles. The van der Waals surface area contributed by atoms with Crippen molar-refractivity contribution in [1.82, 2.24) is 15.5 Å². The molecule has 2 N–H and O–H groups in total. The van der Waals surface area contributed by atoms with Gasteiger partial charge in [-0.25, -0.2) is 4.79 Å². The molecule has 1 unspecified atom stereocenters. The number of aryl methyl sites for hydroxylation is 1. The van der Waals surface area contributed by atoms with Gasteiger partial charge in [0, 0.05) is 31.2 Å². The Labute approximate surface area is 167 Å². The Balaban J connectivity index is 1.60. The lowest BCUT2D eigenvalue weighted by molar-refractivity contribution is 0.0734. The fraction of sp³-hybridized carbons (Fsp3) is 0.391. The van der Waals surface area contributed by atoms with Crippen LogP contribution in [0.3, 0.4) is 0 Å². The van der Waals surface area contributed by atoms with Gasteiger partial charge in [0.1, 0.15) is 0 Å². The third-order valence-electron chi connectivity index (χ3n) is 5.46. The molecule has 1 saturated carbocycles. The van der Waals surface area contributed by atoms with E-state index in [-0.39, 0.29) is 24.0 Å². The predicted molar refractivity (Wildman–Crippen MR) is 112 cm³/mol. The van der Waals surface area contributed by atoms with Crippen LogP contribution in [0.2, 0.25) is 0 Å². The maximum absolute atomic E-state index is 12.9. The Kier molecular flexibility index (Phi) is 6.34. The molecule has 2 aromatic carbocycles. The molecule has 1 aliphatic rings. The SMILES string of the molecule is CCNC(=O)N[C@H]1CCC(N(C)C(=O)c2ccc(-c3ccc(C)cc3)cc2)C1. The smallest absolute Gasteiger partial charge is 0.314 e. The van der Waals surface area contributed by atoms with Gasteiger partial charge in [-0.1, -0.05) is 42.0 Å². The first-order valence-electron chi connectivity index (χ1n) is 9.96. The van der Waals surface area contributed by atoms with Crippen LogP contribution >= 0.6 is 0 Å². The van der Waals surface area contributed by atoms with Crippen molar-refractivity contribution in [3.8, 4) is 11.1 Å². The van der Waals surface area contributed by atoms with Crippen LogP contribution in [0.4, 0.5) is 4.79 Å². The predicted octanol–water partition coefficient (Wildman–Crippen LogP) is 3.97. The van der Waals surface area contributed by atoms with Crippen molar-refractivity contribution in [3.63, 3.8) is 0 Å². The van der Waals surface area contributed by atoms with Gasteiger partial charge in [0.2, 0.25) is 0 Å². The fourth-order valence-corrected chi connectivity index (χ4v) is 3.76. The highest BCUT2D eigenvalue weighted by atomic mass is 16.2. The lowest BCUT2D eigenvalue weighted by atomic mass is 10.0. The Morgan fingerprint density at radius 1 is 1.00 bits per heavy atom. The molecule has 1 aliphatic carbocycles. The molecule has 5 nitrogen and oxygen atoms in total. The highest BCUT2D eigenvalue weighted by Gasteiger charge is 2.31. The Morgan fingerprint density at radius 3 is 2.21 bits per heavy atom. The molecule has 0 radical (unpaired) electrons. The van der Waals surface area contributed by atoms with E-state index in [1.54, 1.807) is 0 Å². The van der Waals surface area contributed by atoms with E-state index in [1.165, 1.54) is 5.56 Å². The fourth-order valence-electron chi connectivity index (χ4n) is 3.76. The molecule has 148 valence electrons. The summed E-state index contributed by atoms with van der Waals surface area (Å²) in [6.45, 7) is 4.58. The zero-order valence-electron chi connectivity index (χ0n) is 16.9. The second kappa shape index (κ2) is 8.91. The van der Waals surface area contributed by atoms with Crippen LogP contribution in [0.5, 0.6) is 0 Å². The molecule has 0 aromatic heterocycles. The molecule has 0 bridgehead atoms. The topological polar surface area (TPSA) is 61.4 Å². The van der Waals surface area contributed by atoms with Crippen LogP contribution < -0.4 is 10.6 Å². The number of rotatable bonds is 5. The number of hydrogen-bond donors (Lipinski definition) is 2. The Morgan fingerprint density at radius 2 is 1.61 bits per heavy atom. The van der Waals surface area contributed by atoms with Crippen LogP contribution in [-0.2, 0) is 0 Å². The van der Waals surface area contributed by atoms with Gasteiger partial charge in [-0.05, 0) is 56.4 Å². The highest BCUT2D eigenvalue weighted by molar-refractivity contribution is 5.94. The van der Waals surface area contributed by atoms with E-state index in [0.29, 0.717) is 12.1 Å². The summed E-state index contributed by atoms with van der Waals surface area (Å²) in [6, 6.07) is 16.3. The normalized spacial score (nSPS) is 18.5. The lowest BCUT2D eigenvalue weighted by Crippen LogP contribution is -2.42. The maximum atomic E-state index is 12.9. The maximum Gasteiger partial charge on any atom is 0.314 e. The summed E-state index contributed by atoms with van der Waals surface area (Å²) in [6.07, 6.45) is 2.59. The molecule has 1 fully saturated rings. The Hall–Kier alpha value is -2.82. The molecule has 5 heteroatoms. The average Bonchev–Trinajstić information content (AvgIpc) is 3.16. The summed E-state index contributed by atoms with van der Waals surface area (Å²) in [4.78, 5) is 26.4. The van der Waals surface area contributed by atoms with Crippen molar-refractivity contribution in [2.75, 3.05) is 13.6 Å². The number of carbonyl (C=O) groups is 2. The first-order valence-corrected chi connectivity index (χ1v) is 9.96. The molecule has 2 atom stereocenters. The van der Waals surface area contributed by atoms with Crippen molar-refractivity contribution in [2.24, 2.45) is 0 Å². The minimum atomic E-state index is -0.131. The van der Waals surface area contributed by atoms with E-state index < -0.39 is 0 Å². The van der Waals surface area contributed by atoms with Crippen LogP contribution in [-0.4, -0.2) is 42.5 Å². The monoisotopic (exact) mass is 379 g/mol. The number of amides is 3. The summed E-state index contributed by atoms with van der Waals surface area (Å²) in [5, 5.41) is 5.74. The molecule has 2 aromatic rings. The molecular weight excluding hydrogens is 350 g/mol. The molecule has 3 rings (SSSR count). The number of benzene rings is 2. The molecule has 0 heterocycles. The van der Waals surface area contributed by atoms with E-state index in [9.17, 15) is 9.59 Å². The molecule has 28 heavy (non-hydrogen) atoms. The van der Waals surface area contributed by atoms with E-state index in [1.807, 2.05) is 43.1 Å². The number of hydrogen-bond acceptors (Lipinski definition) is 2. The zero-order valence-corrected chi connectivity index (χ0v) is 16.9. The van der Waals surface area contributed by atoms with E-state index >= 15 is 0 Å². The van der Waals surface area contributed by atoms with E-state index in [4.69, 9.17) is 0 Å². The summed E-state index contributed by atoms with van der Waals surface area (Å²) in [7, 11) is 1.86. The third-order valence-corrected chi connectivity index (χ3v) is 5.46. The van der Waals surface area contributed by atoms with Crippen molar-refractivity contribution < 1.29 is 9.59 Å². The second-order valence-corrected chi connectivity index (χ2v) is 7.53. The average molecular weight is 380 g/mol. The summed E-state index contributed by atoms with van der Waals surface area (Å²) >= 11 is 0. The van der Waals surface area contributed by atoms with Gasteiger partial charge in [-0.15, -0.1) is 0 Å². The third kappa shape index (κ3) is 4.71. The lowest BCUT2D eigenvalue weighted by Gasteiger charge is -2.25. The van der Waals surface area contributed by atoms with E-state index in [2.05, 4.69) is 41.8 Å². The van der Waals surface area contributed by atoms with Crippen molar-refractivity contribution in [2.45, 2.75) is 45.2 Å². The molecule has 0 spiro atoms. The first kappa shape index (κ1) is 19.9. The molecular formula is C23H29N3O2. The van der Waals surface area contributed by atoms with Gasteiger partial charge in [0.15, 0.2) is 0 Å². The molecule has 3 amide bonds. The zero-order chi connectivity index (χ0) is 20.1. The van der Waals surface area contributed by atoms with Gasteiger partial charge in [0.05, 0.1) is 0 Å². The van der Waals surface area contributed by atoms with Gasteiger partial charge in [-0.3, -0.25) is 4.79 Å². The van der Waals surface area contributed by atoms with Crippen LogP contribution in [0.15, 0.2) is 48.5 Å². The first-order chi connectivity index (χ1) is 13.5. The number of nitrogens with one attached hydrogen (secondary N) is 2. The number of carbonyl (C=O) groups excluding carboxylic acids is 2. The Bertz CT molecular complexity index is 815. The summed E-state index contributed by atoms with van der Waals surface area (Å²) in [5.41, 5.74) is 4.17. The number of nitrogens with zero attached hydrogens (tertiary/aromatic N) is 1. The van der Waals surface area contributed by atoms with Crippen LogP contribution in [0, 0.1) is 6.92 Å². The minimum Gasteiger partial charge on any atom is -0.339 e. The number of urea groups is 1. The van der Waals surface area contributed by atoms with Gasteiger partial charge < -0.3 is 15.5 Å². The van der Waals surface area contributed by atoms with E-state index in [0.717, 1.165) is 30.4 Å². The molecule has 0 saturated heterocycles. The minimum absolute atomic E-state index is 0.0270. The van der Waals surface area contributed by atoms with Gasteiger partial charge in [-0.2, -0.15) is 0 Å². The van der Waals surface area contributed by atoms with Crippen molar-refractivity contribution >= 4 is 11.9 Å². The standard InChI is InChI=1S/C23H29N3O2/c1-4-24-23(28)25-20-13-14-21(15-20)26(3)22(27)19-11-9-18(10-12-19)17-7-5-16(2)6-8-17/h5-12,20-21H,4,13-15H2,1-3H3,(H2,24,25,28)/t20-,21?/m0/s1. The van der Waals surface area contributed by atoms with Crippen LogP contribution in [0.1, 0.15) is 42.1 Å². The van der Waals surface area contributed by atoms with Crippen LogP contribution in [0.25, 0.3) is 11.1 Å². The van der Waals surface area contributed by atoms with Crippen molar-refractivity contribution in [1.29, 1.82) is 0 Å². The highest BCUT2D eigenvalue weighted by Crippen LogP contribution is 2.26. The van der Waals surface area contributed by atoms with Gasteiger partial charge >= 0.3 is 6.03 Å². The summed E-state index contributed by atoms with van der Waals surface area (Å²) < 4.78 is 0. The van der Waals surface area contributed by atoms with Gasteiger partial charge in [0.25, 0.3) is 5.91 Å². The second-order valence-electron chi connectivity index (χ2n) is 7.53. The summed E-state index contributed by atoms with van der Waals surface area (Å²) in [5.74, 6) is 0.0270. The quantitative estimate of drug-likeness (QED) is 0.826.